The van der Waals surface area contributed by atoms with Crippen molar-refractivity contribution in [3.63, 3.8) is 0 Å². The monoisotopic (exact) mass is 324 g/mol. The van der Waals surface area contributed by atoms with Gasteiger partial charge in [0.05, 0.1) is 24.3 Å². The fourth-order valence-corrected chi connectivity index (χ4v) is 3.64. The first-order valence-electron chi connectivity index (χ1n) is 8.18. The Morgan fingerprint density at radius 1 is 1.33 bits per heavy atom. The van der Waals surface area contributed by atoms with E-state index in [1.807, 2.05) is 41.4 Å². The van der Waals surface area contributed by atoms with Crippen LogP contribution in [0.1, 0.15) is 17.7 Å². The van der Waals surface area contributed by atoms with Crippen molar-refractivity contribution in [3.8, 4) is 11.4 Å². The van der Waals surface area contributed by atoms with Gasteiger partial charge in [-0.05, 0) is 6.42 Å². The molecule has 2 aliphatic rings. The summed E-state index contributed by atoms with van der Waals surface area (Å²) in [6, 6.07) is 9.93. The number of nitrogens with zero attached hydrogens (tertiary/aromatic N) is 3. The third-order valence-electron chi connectivity index (χ3n) is 4.89. The third-order valence-corrected chi connectivity index (χ3v) is 4.89. The van der Waals surface area contributed by atoms with Gasteiger partial charge in [0, 0.05) is 37.5 Å². The Bertz CT molecular complexity index is 765. The van der Waals surface area contributed by atoms with E-state index in [1.165, 1.54) is 0 Å². The number of carbonyl (C=O) groups is 1. The van der Waals surface area contributed by atoms with Gasteiger partial charge in [-0.25, -0.2) is 14.8 Å². The molecule has 2 aliphatic heterocycles. The maximum absolute atomic E-state index is 12.0. The molecular formula is C18H20N4O2. The number of carbonyl (C=O) groups excluding carboxylic acids is 1. The first kappa shape index (κ1) is 15.1. The second-order valence-corrected chi connectivity index (χ2v) is 6.43. The molecule has 24 heavy (non-hydrogen) atoms. The van der Waals surface area contributed by atoms with E-state index in [0.717, 1.165) is 29.1 Å². The summed E-state index contributed by atoms with van der Waals surface area (Å²) in [7, 11) is 1.66. The van der Waals surface area contributed by atoms with Gasteiger partial charge in [0.2, 0.25) is 0 Å². The predicted molar refractivity (Wildman–Crippen MR) is 89.4 cm³/mol. The lowest BCUT2D eigenvalue weighted by Crippen LogP contribution is -2.43. The highest BCUT2D eigenvalue weighted by Gasteiger charge is 2.46. The number of aromatic nitrogens is 2. The van der Waals surface area contributed by atoms with E-state index in [1.54, 1.807) is 7.05 Å². The molecule has 1 fully saturated rings. The maximum Gasteiger partial charge on any atom is 0.317 e. The zero-order valence-electron chi connectivity index (χ0n) is 13.7. The summed E-state index contributed by atoms with van der Waals surface area (Å²) in [5.74, 6) is 0.731. The van der Waals surface area contributed by atoms with E-state index in [-0.39, 0.29) is 11.4 Å². The topological polar surface area (TPSA) is 67.4 Å². The van der Waals surface area contributed by atoms with Gasteiger partial charge in [0.1, 0.15) is 0 Å². The summed E-state index contributed by atoms with van der Waals surface area (Å²) in [5.41, 5.74) is 2.84. The number of amides is 2. The maximum atomic E-state index is 12.0. The van der Waals surface area contributed by atoms with Crippen LogP contribution in [0.5, 0.6) is 0 Å². The largest absolute Gasteiger partial charge is 0.376 e. The molecule has 4 rings (SSSR count). The number of urea groups is 1. The number of nitrogens with one attached hydrogen (secondary N) is 1. The molecule has 1 aromatic heterocycles. The second kappa shape index (κ2) is 5.87. The van der Waals surface area contributed by atoms with E-state index in [9.17, 15) is 4.79 Å². The molecule has 1 atom stereocenters. The second-order valence-electron chi connectivity index (χ2n) is 6.43. The lowest BCUT2D eigenvalue weighted by molar-refractivity contribution is 0.0519. The molecule has 0 saturated carbocycles. The summed E-state index contributed by atoms with van der Waals surface area (Å²) in [6.45, 7) is 2.48. The molecule has 0 unspecified atom stereocenters. The summed E-state index contributed by atoms with van der Waals surface area (Å²) in [5, 5.41) is 2.70. The molecule has 1 spiro atoms. The number of rotatable bonds is 1. The Balaban J connectivity index is 1.73. The van der Waals surface area contributed by atoms with Gasteiger partial charge >= 0.3 is 6.03 Å². The number of hydrogen-bond acceptors (Lipinski definition) is 4. The molecule has 2 amide bonds. The summed E-state index contributed by atoms with van der Waals surface area (Å²) in [6.07, 6.45) is 2.73. The van der Waals surface area contributed by atoms with Crippen molar-refractivity contribution in [2.75, 3.05) is 26.7 Å². The highest BCUT2D eigenvalue weighted by Crippen LogP contribution is 2.39. The van der Waals surface area contributed by atoms with E-state index >= 15 is 0 Å². The number of benzene rings is 1. The van der Waals surface area contributed by atoms with Crippen LogP contribution in [-0.4, -0.2) is 47.6 Å². The van der Waals surface area contributed by atoms with Crippen molar-refractivity contribution in [1.82, 2.24) is 20.2 Å². The lowest BCUT2D eigenvalue weighted by Gasteiger charge is -2.34. The fraction of sp³-hybridized carbons (Fsp3) is 0.389. The molecule has 0 bridgehead atoms. The summed E-state index contributed by atoms with van der Waals surface area (Å²) in [4.78, 5) is 23.2. The zero-order chi connectivity index (χ0) is 16.6. The van der Waals surface area contributed by atoms with Crippen LogP contribution < -0.4 is 5.32 Å². The van der Waals surface area contributed by atoms with E-state index in [2.05, 4.69) is 10.3 Å². The molecule has 6 nitrogen and oxygen atoms in total. The molecule has 1 aromatic carbocycles. The standard InChI is InChI=1S/C18H20N4O2/c1-19-17(23)22-8-7-18(11-22)12-24-10-14-9-20-16(21-15(14)18)13-5-3-2-4-6-13/h2-6,9H,7-8,10-12H2,1H3,(H,19,23)/t18-/m1/s1. The van der Waals surface area contributed by atoms with Gasteiger partial charge < -0.3 is 15.0 Å². The van der Waals surface area contributed by atoms with E-state index in [0.29, 0.717) is 26.3 Å². The molecule has 6 heteroatoms. The average Bonchev–Trinajstić information content (AvgIpc) is 3.07. The number of ether oxygens (including phenoxy) is 1. The summed E-state index contributed by atoms with van der Waals surface area (Å²) < 4.78 is 5.80. The number of fused-ring (bicyclic) bond motifs is 2. The molecule has 124 valence electrons. The highest BCUT2D eigenvalue weighted by atomic mass is 16.5. The van der Waals surface area contributed by atoms with Crippen LogP contribution in [0.3, 0.4) is 0 Å². The van der Waals surface area contributed by atoms with Crippen molar-refractivity contribution >= 4 is 6.03 Å². The van der Waals surface area contributed by atoms with Crippen molar-refractivity contribution in [2.45, 2.75) is 18.4 Å². The minimum Gasteiger partial charge on any atom is -0.376 e. The third kappa shape index (κ3) is 2.43. The number of likely N-dealkylation sites (tertiary alicyclic amines) is 1. The first-order valence-corrected chi connectivity index (χ1v) is 8.18. The van der Waals surface area contributed by atoms with Gasteiger partial charge in [0.15, 0.2) is 5.82 Å². The van der Waals surface area contributed by atoms with Crippen LogP contribution >= 0.6 is 0 Å². The minimum atomic E-state index is -0.230. The Morgan fingerprint density at radius 3 is 2.96 bits per heavy atom. The molecule has 0 radical (unpaired) electrons. The average molecular weight is 324 g/mol. The Hall–Kier alpha value is -2.47. The van der Waals surface area contributed by atoms with Gasteiger partial charge in [-0.1, -0.05) is 30.3 Å². The summed E-state index contributed by atoms with van der Waals surface area (Å²) >= 11 is 0. The first-order chi connectivity index (χ1) is 11.7. The van der Waals surface area contributed by atoms with Gasteiger partial charge in [-0.2, -0.15) is 0 Å². The van der Waals surface area contributed by atoms with Crippen molar-refractivity contribution < 1.29 is 9.53 Å². The quantitative estimate of drug-likeness (QED) is 0.871. The highest BCUT2D eigenvalue weighted by molar-refractivity contribution is 5.74. The molecule has 0 aliphatic carbocycles. The number of hydrogen-bond donors (Lipinski definition) is 1. The lowest BCUT2D eigenvalue weighted by atomic mass is 9.80. The Morgan fingerprint density at radius 2 is 2.17 bits per heavy atom. The zero-order valence-corrected chi connectivity index (χ0v) is 13.7. The molecule has 1 N–H and O–H groups in total. The molecule has 2 aromatic rings. The smallest absolute Gasteiger partial charge is 0.317 e. The van der Waals surface area contributed by atoms with E-state index < -0.39 is 0 Å². The van der Waals surface area contributed by atoms with E-state index in [4.69, 9.17) is 9.72 Å². The van der Waals surface area contributed by atoms with Crippen molar-refractivity contribution in [2.24, 2.45) is 0 Å². The van der Waals surface area contributed by atoms with Crippen molar-refractivity contribution in [3.05, 3.63) is 47.8 Å². The van der Waals surface area contributed by atoms with Crippen LogP contribution in [-0.2, 0) is 16.8 Å². The Labute approximate surface area is 140 Å². The van der Waals surface area contributed by atoms with Crippen molar-refractivity contribution in [1.29, 1.82) is 0 Å². The van der Waals surface area contributed by atoms with Crippen LogP contribution in [0.15, 0.2) is 36.5 Å². The predicted octanol–water partition coefficient (Wildman–Crippen LogP) is 1.96. The van der Waals surface area contributed by atoms with Gasteiger partial charge in [-0.15, -0.1) is 0 Å². The van der Waals surface area contributed by atoms with Crippen LogP contribution in [0, 0.1) is 0 Å². The van der Waals surface area contributed by atoms with Gasteiger partial charge in [-0.3, -0.25) is 0 Å². The van der Waals surface area contributed by atoms with Crippen LogP contribution in [0.4, 0.5) is 4.79 Å². The van der Waals surface area contributed by atoms with Crippen LogP contribution in [0.2, 0.25) is 0 Å². The molecular weight excluding hydrogens is 304 g/mol. The normalized spacial score (nSPS) is 22.5. The SMILES string of the molecule is CNC(=O)N1CC[C@]2(COCc3cnc(-c4ccccc4)nc32)C1. The molecule has 1 saturated heterocycles. The minimum absolute atomic E-state index is 0.0451. The van der Waals surface area contributed by atoms with Crippen LogP contribution in [0.25, 0.3) is 11.4 Å². The Kier molecular flexibility index (Phi) is 3.69. The fourth-order valence-electron chi connectivity index (χ4n) is 3.64. The molecule has 3 heterocycles. The van der Waals surface area contributed by atoms with Gasteiger partial charge in [0.25, 0.3) is 0 Å².